The van der Waals surface area contributed by atoms with Crippen LogP contribution in [0.1, 0.15) is 36.5 Å². The van der Waals surface area contributed by atoms with Crippen molar-refractivity contribution in [1.82, 2.24) is 0 Å². The van der Waals surface area contributed by atoms with Gasteiger partial charge in [-0.3, -0.25) is 0 Å². The van der Waals surface area contributed by atoms with E-state index in [1.165, 1.54) is 0 Å². The number of hydrogen-bond donors (Lipinski definition) is 1. The number of fused-ring (bicyclic) bond motifs is 2. The minimum absolute atomic E-state index is 0.173. The molecule has 2 aromatic rings. The van der Waals surface area contributed by atoms with E-state index in [0.29, 0.717) is 12.2 Å². The largest absolute Gasteiger partial charge is 0.482 e. The molecule has 0 bridgehead atoms. The van der Waals surface area contributed by atoms with Gasteiger partial charge in [-0.2, -0.15) is 0 Å². The Morgan fingerprint density at radius 2 is 2.00 bits per heavy atom. The molecule has 3 rings (SSSR count). The summed E-state index contributed by atoms with van der Waals surface area (Å²) in [5, 5.41) is 8.79. The lowest BCUT2D eigenvalue weighted by molar-refractivity contribution is -0.139. The quantitative estimate of drug-likeness (QED) is 0.797. The van der Waals surface area contributed by atoms with Gasteiger partial charge in [0, 0.05) is 11.3 Å². The molecule has 0 saturated heterocycles. The minimum atomic E-state index is -1.22. The monoisotopic (exact) mass is 330 g/mol. The second-order valence-corrected chi connectivity index (χ2v) is 7.28. The van der Waals surface area contributed by atoms with Crippen molar-refractivity contribution in [1.29, 1.82) is 0 Å². The summed E-state index contributed by atoms with van der Waals surface area (Å²) in [7, 11) is -1.22. The molecular weight excluding hydrogens is 312 g/mol. The van der Waals surface area contributed by atoms with Crippen molar-refractivity contribution in [2.45, 2.75) is 36.0 Å². The fraction of sp³-hybridized carbons (Fsp3) is 0.278. The number of hydrogen-bond acceptors (Lipinski definition) is 3. The first kappa shape index (κ1) is 15.7. The fourth-order valence-corrected chi connectivity index (χ4v) is 4.52. The van der Waals surface area contributed by atoms with Crippen molar-refractivity contribution in [2.75, 3.05) is 6.61 Å². The van der Waals surface area contributed by atoms with E-state index >= 15 is 0 Å². The maximum absolute atomic E-state index is 13.0. The molecule has 1 N–H and O–H groups in total. The molecule has 1 aliphatic heterocycles. The van der Waals surface area contributed by atoms with Crippen molar-refractivity contribution in [3.8, 4) is 5.75 Å². The Hall–Kier alpha value is -2.14. The molecule has 0 aliphatic carbocycles. The molecular formula is C18H18O4S. The fourth-order valence-electron chi connectivity index (χ4n) is 2.84. The molecule has 23 heavy (non-hydrogen) atoms. The maximum Gasteiger partial charge on any atom is 0.341 e. The third kappa shape index (κ3) is 3.01. The zero-order valence-electron chi connectivity index (χ0n) is 13.0. The first-order valence-corrected chi connectivity index (χ1v) is 8.63. The van der Waals surface area contributed by atoms with Crippen LogP contribution in [0.4, 0.5) is 0 Å². The highest BCUT2D eigenvalue weighted by Gasteiger charge is 2.26. The second kappa shape index (κ2) is 6.16. The molecule has 0 saturated carbocycles. The Morgan fingerprint density at radius 3 is 2.70 bits per heavy atom. The third-order valence-electron chi connectivity index (χ3n) is 3.89. The van der Waals surface area contributed by atoms with Crippen molar-refractivity contribution in [2.24, 2.45) is 0 Å². The van der Waals surface area contributed by atoms with Gasteiger partial charge in [-0.25, -0.2) is 9.00 Å². The van der Waals surface area contributed by atoms with Gasteiger partial charge in [0.05, 0.1) is 15.7 Å². The normalized spacial score (nSPS) is 15.9. The van der Waals surface area contributed by atoms with E-state index in [1.807, 2.05) is 50.2 Å². The molecule has 1 heterocycles. The maximum atomic E-state index is 13.0. The molecule has 1 unspecified atom stereocenters. The van der Waals surface area contributed by atoms with Crippen LogP contribution in [0.3, 0.4) is 0 Å². The van der Waals surface area contributed by atoms with E-state index in [0.717, 1.165) is 26.5 Å². The molecule has 1 atom stereocenters. The number of carboxylic acid groups (broad SMARTS) is 1. The molecule has 1 aliphatic rings. The summed E-state index contributed by atoms with van der Waals surface area (Å²) in [6, 6.07) is 11.4. The number of carbonyl (C=O) groups is 1. The first-order valence-electron chi connectivity index (χ1n) is 7.48. The summed E-state index contributed by atoms with van der Waals surface area (Å²) in [6.45, 7) is 3.69. The highest BCUT2D eigenvalue weighted by molar-refractivity contribution is 7.85. The average Bonchev–Trinajstić information content (AvgIpc) is 2.52. The van der Waals surface area contributed by atoms with Gasteiger partial charge in [0.1, 0.15) is 5.75 Å². The Bertz CT molecular complexity index is 796. The van der Waals surface area contributed by atoms with Gasteiger partial charge in [0.25, 0.3) is 0 Å². The van der Waals surface area contributed by atoms with E-state index in [-0.39, 0.29) is 12.5 Å². The van der Waals surface area contributed by atoms with E-state index in [9.17, 15) is 9.00 Å². The third-order valence-corrected chi connectivity index (χ3v) is 5.56. The Labute approximate surface area is 137 Å². The van der Waals surface area contributed by atoms with Crippen LogP contribution in [0.5, 0.6) is 5.75 Å². The van der Waals surface area contributed by atoms with Gasteiger partial charge < -0.3 is 9.84 Å². The average molecular weight is 330 g/mol. The van der Waals surface area contributed by atoms with E-state index in [2.05, 4.69) is 0 Å². The van der Waals surface area contributed by atoms with Crippen molar-refractivity contribution in [3.63, 3.8) is 0 Å². The molecule has 0 radical (unpaired) electrons. The van der Waals surface area contributed by atoms with Crippen LogP contribution in [0.2, 0.25) is 0 Å². The predicted octanol–water partition coefficient (Wildman–Crippen LogP) is 3.34. The summed E-state index contributed by atoms with van der Waals surface area (Å²) in [4.78, 5) is 12.4. The molecule has 0 aromatic heterocycles. The van der Waals surface area contributed by atoms with Crippen LogP contribution in [-0.4, -0.2) is 21.9 Å². The Kier molecular flexibility index (Phi) is 4.22. The van der Waals surface area contributed by atoms with Gasteiger partial charge in [-0.15, -0.1) is 0 Å². The SMILES string of the molecule is CC(C)c1cc(OCC(=O)O)cc2c1S(=O)c1ccccc1C2. The molecule has 0 fully saturated rings. The number of ether oxygens (including phenoxy) is 1. The standard InChI is InChI=1S/C18H18O4S/c1-11(2)15-9-14(22-10-17(19)20)8-13-7-12-5-3-4-6-16(12)23(21)18(13)15/h3-6,8-9,11H,7,10H2,1-2H3,(H,19,20). The summed E-state index contributed by atoms with van der Waals surface area (Å²) < 4.78 is 18.3. The summed E-state index contributed by atoms with van der Waals surface area (Å²) >= 11 is 0. The molecule has 0 amide bonds. The number of benzene rings is 2. The zero-order chi connectivity index (χ0) is 16.6. The lowest BCUT2D eigenvalue weighted by Gasteiger charge is -2.24. The van der Waals surface area contributed by atoms with Gasteiger partial charge >= 0.3 is 5.97 Å². The van der Waals surface area contributed by atoms with Crippen molar-refractivity contribution < 1.29 is 18.8 Å². The summed E-state index contributed by atoms with van der Waals surface area (Å²) in [5.41, 5.74) is 2.95. The van der Waals surface area contributed by atoms with E-state index < -0.39 is 16.8 Å². The zero-order valence-corrected chi connectivity index (χ0v) is 13.9. The lowest BCUT2D eigenvalue weighted by Crippen LogP contribution is -2.14. The van der Waals surface area contributed by atoms with Crippen LogP contribution < -0.4 is 4.74 Å². The van der Waals surface area contributed by atoms with Crippen LogP contribution in [0.25, 0.3) is 0 Å². The smallest absolute Gasteiger partial charge is 0.341 e. The van der Waals surface area contributed by atoms with Crippen molar-refractivity contribution >= 4 is 16.8 Å². The Morgan fingerprint density at radius 1 is 1.26 bits per heavy atom. The van der Waals surface area contributed by atoms with Crippen LogP contribution in [0, 0.1) is 0 Å². The van der Waals surface area contributed by atoms with Crippen LogP contribution >= 0.6 is 0 Å². The van der Waals surface area contributed by atoms with Crippen LogP contribution in [0.15, 0.2) is 46.2 Å². The summed E-state index contributed by atoms with van der Waals surface area (Å²) in [6.07, 6.45) is 0.682. The highest BCUT2D eigenvalue weighted by Crippen LogP contribution is 2.38. The van der Waals surface area contributed by atoms with Gasteiger partial charge in [-0.05, 0) is 40.8 Å². The molecule has 120 valence electrons. The van der Waals surface area contributed by atoms with Gasteiger partial charge in [0.2, 0.25) is 0 Å². The summed E-state index contributed by atoms with van der Waals surface area (Å²) in [5.74, 6) is -0.319. The number of carboxylic acids is 1. The molecule has 2 aromatic carbocycles. The first-order chi connectivity index (χ1) is 11.0. The number of rotatable bonds is 4. The van der Waals surface area contributed by atoms with E-state index in [1.54, 1.807) is 0 Å². The molecule has 4 nitrogen and oxygen atoms in total. The van der Waals surface area contributed by atoms with Gasteiger partial charge in [-0.1, -0.05) is 32.0 Å². The topological polar surface area (TPSA) is 63.6 Å². The Balaban J connectivity index is 2.10. The van der Waals surface area contributed by atoms with E-state index in [4.69, 9.17) is 9.84 Å². The second-order valence-electron chi connectivity index (χ2n) is 5.89. The lowest BCUT2D eigenvalue weighted by atomic mass is 9.96. The minimum Gasteiger partial charge on any atom is -0.482 e. The van der Waals surface area contributed by atoms with Gasteiger partial charge in [0.15, 0.2) is 6.61 Å². The predicted molar refractivity (Wildman–Crippen MR) is 87.6 cm³/mol. The molecule has 0 spiro atoms. The molecule has 5 heteroatoms. The van der Waals surface area contributed by atoms with Crippen LogP contribution in [-0.2, 0) is 22.0 Å². The van der Waals surface area contributed by atoms with Crippen molar-refractivity contribution in [3.05, 3.63) is 53.1 Å². The number of aliphatic carboxylic acids is 1. The highest BCUT2D eigenvalue weighted by atomic mass is 32.2.